The predicted octanol–water partition coefficient (Wildman–Crippen LogP) is 2.09. The molecule has 0 bridgehead atoms. The zero-order valence-corrected chi connectivity index (χ0v) is 14.8. The summed E-state index contributed by atoms with van der Waals surface area (Å²) >= 11 is 5.27. The van der Waals surface area contributed by atoms with Gasteiger partial charge in [-0.3, -0.25) is 0 Å². The van der Waals surface area contributed by atoms with Crippen LogP contribution in [-0.4, -0.2) is 45.1 Å². The van der Waals surface area contributed by atoms with E-state index in [1.807, 2.05) is 30.1 Å². The number of benzene rings is 1. The number of sulfone groups is 1. The molecular formula is C13H19BrN2O2S2. The highest BCUT2D eigenvalue weighted by atomic mass is 79.9. The molecule has 1 aromatic carbocycles. The molecule has 1 heterocycles. The van der Waals surface area contributed by atoms with Crippen LogP contribution in [0.15, 0.2) is 22.7 Å². The Hall–Kier alpha value is -0.240. The Labute approximate surface area is 133 Å². The summed E-state index contributed by atoms with van der Waals surface area (Å²) in [6, 6.07) is 6.06. The molecule has 4 nitrogen and oxygen atoms in total. The molecule has 0 spiro atoms. The van der Waals surface area contributed by atoms with Crippen LogP contribution >= 0.6 is 27.7 Å². The van der Waals surface area contributed by atoms with Gasteiger partial charge >= 0.3 is 0 Å². The van der Waals surface area contributed by atoms with Gasteiger partial charge in [-0.2, -0.15) is 11.8 Å². The first-order valence-electron chi connectivity index (χ1n) is 6.40. The maximum absolute atomic E-state index is 11.9. The van der Waals surface area contributed by atoms with Crippen molar-refractivity contribution in [2.24, 2.45) is 0 Å². The summed E-state index contributed by atoms with van der Waals surface area (Å²) in [6.07, 6.45) is 1.32. The molecule has 2 rings (SSSR count). The van der Waals surface area contributed by atoms with Crippen LogP contribution in [0, 0.1) is 0 Å². The van der Waals surface area contributed by atoms with Crippen LogP contribution in [-0.2, 0) is 16.4 Å². The first kappa shape index (κ1) is 16.1. The molecule has 0 aliphatic carbocycles. The molecule has 0 saturated carbocycles. The Balaban J connectivity index is 2.31. The lowest BCUT2D eigenvalue weighted by Crippen LogP contribution is -2.47. The SMILES string of the molecule is CNCc1ccc(N2CCSCC2S(C)(=O)=O)cc1Br. The quantitative estimate of drug-likeness (QED) is 0.868. The molecule has 0 aromatic heterocycles. The van der Waals surface area contributed by atoms with Gasteiger partial charge in [-0.15, -0.1) is 0 Å². The molecular weight excluding hydrogens is 360 g/mol. The van der Waals surface area contributed by atoms with E-state index in [-0.39, 0.29) is 0 Å². The average Bonchev–Trinajstić information content (AvgIpc) is 2.40. The van der Waals surface area contributed by atoms with Crippen molar-refractivity contribution in [3.8, 4) is 0 Å². The van der Waals surface area contributed by atoms with Crippen LogP contribution in [0.2, 0.25) is 0 Å². The second-order valence-electron chi connectivity index (χ2n) is 4.86. The van der Waals surface area contributed by atoms with E-state index in [4.69, 9.17) is 0 Å². The summed E-state index contributed by atoms with van der Waals surface area (Å²) in [5.74, 6) is 1.59. The lowest BCUT2D eigenvalue weighted by Gasteiger charge is -2.36. The van der Waals surface area contributed by atoms with Gasteiger partial charge in [-0.25, -0.2) is 8.42 Å². The van der Waals surface area contributed by atoms with E-state index in [9.17, 15) is 8.42 Å². The number of anilines is 1. The number of halogens is 1. The van der Waals surface area contributed by atoms with Crippen LogP contribution < -0.4 is 10.2 Å². The van der Waals surface area contributed by atoms with Crippen molar-refractivity contribution in [1.82, 2.24) is 5.32 Å². The smallest absolute Gasteiger partial charge is 0.169 e. The van der Waals surface area contributed by atoms with Crippen LogP contribution in [0.3, 0.4) is 0 Å². The van der Waals surface area contributed by atoms with Gasteiger partial charge in [0.2, 0.25) is 0 Å². The summed E-state index contributed by atoms with van der Waals surface area (Å²) < 4.78 is 24.9. The molecule has 7 heteroatoms. The number of hydrogen-bond donors (Lipinski definition) is 1. The number of rotatable bonds is 4. The Kier molecular flexibility index (Phi) is 5.39. The minimum absolute atomic E-state index is 0.427. The minimum Gasteiger partial charge on any atom is -0.353 e. The third kappa shape index (κ3) is 3.69. The fourth-order valence-electron chi connectivity index (χ4n) is 2.28. The van der Waals surface area contributed by atoms with Crippen LogP contribution in [0.5, 0.6) is 0 Å². The van der Waals surface area contributed by atoms with Crippen molar-refractivity contribution in [3.63, 3.8) is 0 Å². The van der Waals surface area contributed by atoms with Crippen LogP contribution in [0.1, 0.15) is 5.56 Å². The summed E-state index contributed by atoms with van der Waals surface area (Å²) in [6.45, 7) is 1.55. The number of nitrogens with one attached hydrogen (secondary N) is 1. The summed E-state index contributed by atoms with van der Waals surface area (Å²) in [5, 5.41) is 2.69. The zero-order chi connectivity index (χ0) is 14.8. The summed E-state index contributed by atoms with van der Waals surface area (Å²) in [7, 11) is -1.17. The van der Waals surface area contributed by atoms with Gasteiger partial charge in [0.1, 0.15) is 5.37 Å². The third-order valence-corrected chi connectivity index (χ3v) is 6.70. The maximum atomic E-state index is 11.9. The van der Waals surface area contributed by atoms with E-state index in [2.05, 4.69) is 21.2 Å². The highest BCUT2D eigenvalue weighted by Gasteiger charge is 2.31. The van der Waals surface area contributed by atoms with Crippen LogP contribution in [0.4, 0.5) is 5.69 Å². The Morgan fingerprint density at radius 2 is 2.25 bits per heavy atom. The molecule has 0 radical (unpaired) electrons. The second-order valence-corrected chi connectivity index (χ2v) is 9.07. The van der Waals surface area contributed by atoms with E-state index in [1.165, 1.54) is 11.8 Å². The molecule has 1 aliphatic rings. The molecule has 1 N–H and O–H groups in total. The second kappa shape index (κ2) is 6.68. The van der Waals surface area contributed by atoms with E-state index < -0.39 is 15.2 Å². The van der Waals surface area contributed by atoms with Gasteiger partial charge in [-0.05, 0) is 24.7 Å². The average molecular weight is 379 g/mol. The molecule has 112 valence electrons. The first-order valence-corrected chi connectivity index (χ1v) is 10.3. The lowest BCUT2D eigenvalue weighted by molar-refractivity contribution is 0.584. The summed E-state index contributed by atoms with van der Waals surface area (Å²) in [5.41, 5.74) is 2.13. The number of hydrogen-bond acceptors (Lipinski definition) is 5. The van der Waals surface area contributed by atoms with Gasteiger partial charge < -0.3 is 10.2 Å². The van der Waals surface area contributed by atoms with Gasteiger partial charge in [0, 0.05) is 41.0 Å². The van der Waals surface area contributed by atoms with Crippen LogP contribution in [0.25, 0.3) is 0 Å². The van der Waals surface area contributed by atoms with Crippen molar-refractivity contribution in [2.75, 3.05) is 36.3 Å². The molecule has 1 fully saturated rings. The molecule has 0 amide bonds. The van der Waals surface area contributed by atoms with Gasteiger partial charge in [-0.1, -0.05) is 22.0 Å². The van der Waals surface area contributed by atoms with E-state index in [0.717, 1.165) is 29.0 Å². The van der Waals surface area contributed by atoms with E-state index in [1.54, 1.807) is 11.8 Å². The molecule has 1 unspecified atom stereocenters. The zero-order valence-electron chi connectivity index (χ0n) is 11.6. The van der Waals surface area contributed by atoms with E-state index in [0.29, 0.717) is 5.75 Å². The minimum atomic E-state index is -3.08. The van der Waals surface area contributed by atoms with Crippen molar-refractivity contribution in [3.05, 3.63) is 28.2 Å². The molecule has 1 atom stereocenters. The number of thioether (sulfide) groups is 1. The predicted molar refractivity (Wildman–Crippen MR) is 90.2 cm³/mol. The molecule has 20 heavy (non-hydrogen) atoms. The molecule has 1 aromatic rings. The molecule has 1 aliphatic heterocycles. The lowest BCUT2D eigenvalue weighted by atomic mass is 10.2. The van der Waals surface area contributed by atoms with Crippen molar-refractivity contribution in [1.29, 1.82) is 0 Å². The Morgan fingerprint density at radius 3 is 2.85 bits per heavy atom. The first-order chi connectivity index (χ1) is 9.43. The normalized spacial score (nSPS) is 20.1. The fourth-order valence-corrected chi connectivity index (χ4v) is 5.63. The van der Waals surface area contributed by atoms with Gasteiger partial charge in [0.15, 0.2) is 9.84 Å². The largest absolute Gasteiger partial charge is 0.353 e. The molecule has 1 saturated heterocycles. The van der Waals surface area contributed by atoms with Gasteiger partial charge in [0.05, 0.1) is 0 Å². The van der Waals surface area contributed by atoms with Crippen molar-refractivity contribution >= 4 is 43.2 Å². The highest BCUT2D eigenvalue weighted by Crippen LogP contribution is 2.30. The topological polar surface area (TPSA) is 49.4 Å². The van der Waals surface area contributed by atoms with Gasteiger partial charge in [0.25, 0.3) is 0 Å². The Bertz CT molecular complexity index is 578. The number of nitrogens with zero attached hydrogens (tertiary/aromatic N) is 1. The highest BCUT2D eigenvalue weighted by molar-refractivity contribution is 9.10. The fraction of sp³-hybridized carbons (Fsp3) is 0.538. The van der Waals surface area contributed by atoms with Crippen molar-refractivity contribution in [2.45, 2.75) is 11.9 Å². The third-order valence-electron chi connectivity index (χ3n) is 3.31. The monoisotopic (exact) mass is 378 g/mol. The standard InChI is InChI=1S/C13H19BrN2O2S2/c1-15-8-10-3-4-11(7-12(10)14)16-5-6-19-9-13(16)20(2,17)18/h3-4,7,13,15H,5-6,8-9H2,1-2H3. The maximum Gasteiger partial charge on any atom is 0.169 e. The van der Waals surface area contributed by atoms with Crippen molar-refractivity contribution < 1.29 is 8.42 Å². The summed E-state index contributed by atoms with van der Waals surface area (Å²) in [4.78, 5) is 2.00. The Morgan fingerprint density at radius 1 is 1.50 bits per heavy atom. The van der Waals surface area contributed by atoms with E-state index >= 15 is 0 Å².